The van der Waals surface area contributed by atoms with Gasteiger partial charge >= 0.3 is 0 Å². The molecule has 1 aromatic heterocycles. The molecular formula is C13H20N2O2S. The Labute approximate surface area is 112 Å². The zero-order valence-corrected chi connectivity index (χ0v) is 11.7. The van der Waals surface area contributed by atoms with Crippen molar-refractivity contribution in [2.75, 3.05) is 6.61 Å². The summed E-state index contributed by atoms with van der Waals surface area (Å²) in [4.78, 5) is 16.4. The van der Waals surface area contributed by atoms with Crippen LogP contribution in [0.15, 0.2) is 11.6 Å². The van der Waals surface area contributed by atoms with Crippen molar-refractivity contribution < 1.29 is 9.53 Å². The lowest BCUT2D eigenvalue weighted by Crippen LogP contribution is -2.37. The quantitative estimate of drug-likeness (QED) is 0.892. The largest absolute Gasteiger partial charge is 0.368 e. The fourth-order valence-corrected chi connectivity index (χ4v) is 2.85. The number of amides is 1. The highest BCUT2D eigenvalue weighted by Gasteiger charge is 2.27. The molecule has 1 N–H and O–H groups in total. The molecule has 2 atom stereocenters. The molecule has 1 aromatic rings. The molecule has 2 rings (SSSR count). The normalized spacial score (nSPS) is 21.2. The number of ether oxygens (including phenoxy) is 1. The molecule has 5 heteroatoms. The Bertz CT molecular complexity index is 372. The van der Waals surface area contributed by atoms with Crippen molar-refractivity contribution in [3.8, 4) is 0 Å². The van der Waals surface area contributed by atoms with Crippen molar-refractivity contribution in [1.29, 1.82) is 0 Å². The van der Waals surface area contributed by atoms with E-state index < -0.39 is 0 Å². The van der Waals surface area contributed by atoms with E-state index in [4.69, 9.17) is 4.74 Å². The first-order valence-corrected chi connectivity index (χ1v) is 7.36. The maximum atomic E-state index is 12.1. The van der Waals surface area contributed by atoms with Crippen LogP contribution >= 0.6 is 11.3 Å². The van der Waals surface area contributed by atoms with Gasteiger partial charge in [-0.25, -0.2) is 4.98 Å². The Balaban J connectivity index is 1.98. The van der Waals surface area contributed by atoms with Crippen molar-refractivity contribution in [2.45, 2.75) is 45.3 Å². The Morgan fingerprint density at radius 3 is 3.06 bits per heavy atom. The molecule has 1 aliphatic heterocycles. The summed E-state index contributed by atoms with van der Waals surface area (Å²) in [6, 6.07) is 0.0155. The van der Waals surface area contributed by atoms with Crippen LogP contribution in [-0.2, 0) is 9.53 Å². The number of aromatic nitrogens is 1. The number of carbonyl (C=O) groups excluding carboxylic acids is 1. The zero-order valence-electron chi connectivity index (χ0n) is 10.9. The van der Waals surface area contributed by atoms with Gasteiger partial charge in [-0.15, -0.1) is 11.3 Å². The number of nitrogens with one attached hydrogen (secondary N) is 1. The van der Waals surface area contributed by atoms with Crippen LogP contribution in [0.1, 0.15) is 44.2 Å². The summed E-state index contributed by atoms with van der Waals surface area (Å²) < 4.78 is 5.41. The minimum Gasteiger partial charge on any atom is -0.368 e. The van der Waals surface area contributed by atoms with E-state index in [2.05, 4.69) is 24.1 Å². The molecule has 4 nitrogen and oxygen atoms in total. The van der Waals surface area contributed by atoms with Gasteiger partial charge in [0.2, 0.25) is 5.91 Å². The van der Waals surface area contributed by atoms with Crippen LogP contribution in [0, 0.1) is 5.92 Å². The SMILES string of the molecule is CC(C)CC(NC(=O)C1CCCO1)c1nccs1. The number of carbonyl (C=O) groups is 1. The number of nitrogens with zero attached hydrogens (tertiary/aromatic N) is 1. The molecule has 1 amide bonds. The van der Waals surface area contributed by atoms with Gasteiger partial charge in [-0.2, -0.15) is 0 Å². The summed E-state index contributed by atoms with van der Waals surface area (Å²) in [6.07, 6.45) is 4.24. The third kappa shape index (κ3) is 3.53. The first-order valence-electron chi connectivity index (χ1n) is 6.48. The minimum atomic E-state index is -0.264. The van der Waals surface area contributed by atoms with E-state index in [1.807, 2.05) is 5.38 Å². The first kappa shape index (κ1) is 13.5. The molecule has 2 heterocycles. The number of thiazole rings is 1. The van der Waals surface area contributed by atoms with E-state index in [0.29, 0.717) is 12.5 Å². The molecule has 1 saturated heterocycles. The number of rotatable bonds is 5. The number of hydrogen-bond acceptors (Lipinski definition) is 4. The molecule has 1 fully saturated rings. The second kappa shape index (κ2) is 6.29. The van der Waals surface area contributed by atoms with Gasteiger partial charge < -0.3 is 10.1 Å². The maximum absolute atomic E-state index is 12.1. The van der Waals surface area contributed by atoms with Crippen LogP contribution in [-0.4, -0.2) is 23.6 Å². The van der Waals surface area contributed by atoms with Crippen LogP contribution in [0.2, 0.25) is 0 Å². The molecule has 0 spiro atoms. The van der Waals surface area contributed by atoms with Gasteiger partial charge in [0.05, 0.1) is 6.04 Å². The molecule has 2 unspecified atom stereocenters. The molecule has 1 aliphatic rings. The summed E-state index contributed by atoms with van der Waals surface area (Å²) in [5.74, 6) is 0.525. The van der Waals surface area contributed by atoms with E-state index in [1.54, 1.807) is 17.5 Å². The molecule has 18 heavy (non-hydrogen) atoms. The summed E-state index contributed by atoms with van der Waals surface area (Å²) in [6.45, 7) is 5.00. The predicted molar refractivity (Wildman–Crippen MR) is 71.4 cm³/mol. The molecule has 0 saturated carbocycles. The van der Waals surface area contributed by atoms with E-state index in [9.17, 15) is 4.79 Å². The van der Waals surface area contributed by atoms with Crippen molar-refractivity contribution >= 4 is 17.2 Å². The van der Waals surface area contributed by atoms with Crippen molar-refractivity contribution in [3.05, 3.63) is 16.6 Å². The summed E-state index contributed by atoms with van der Waals surface area (Å²) in [7, 11) is 0. The van der Waals surface area contributed by atoms with Crippen LogP contribution in [0.5, 0.6) is 0 Å². The maximum Gasteiger partial charge on any atom is 0.249 e. The van der Waals surface area contributed by atoms with Gasteiger partial charge in [-0.1, -0.05) is 13.8 Å². The second-order valence-electron chi connectivity index (χ2n) is 5.06. The Kier molecular flexibility index (Phi) is 4.72. The van der Waals surface area contributed by atoms with Crippen LogP contribution < -0.4 is 5.32 Å². The lowest BCUT2D eigenvalue weighted by molar-refractivity contribution is -0.130. The van der Waals surface area contributed by atoms with Crippen molar-refractivity contribution in [2.24, 2.45) is 5.92 Å². The fraction of sp³-hybridized carbons (Fsp3) is 0.692. The average Bonchev–Trinajstić information content (AvgIpc) is 3.01. The zero-order chi connectivity index (χ0) is 13.0. The molecular weight excluding hydrogens is 248 g/mol. The second-order valence-corrected chi connectivity index (χ2v) is 5.99. The smallest absolute Gasteiger partial charge is 0.249 e. The Morgan fingerprint density at radius 2 is 2.50 bits per heavy atom. The van der Waals surface area contributed by atoms with Gasteiger partial charge in [-0.3, -0.25) is 4.79 Å². The molecule has 0 bridgehead atoms. The first-order chi connectivity index (χ1) is 8.66. The molecule has 0 aliphatic carbocycles. The highest BCUT2D eigenvalue weighted by Crippen LogP contribution is 2.24. The minimum absolute atomic E-state index is 0.00773. The van der Waals surface area contributed by atoms with Crippen molar-refractivity contribution in [3.63, 3.8) is 0 Å². The molecule has 100 valence electrons. The van der Waals surface area contributed by atoms with E-state index in [1.165, 1.54) is 0 Å². The highest BCUT2D eigenvalue weighted by molar-refractivity contribution is 7.09. The van der Waals surface area contributed by atoms with E-state index in [-0.39, 0.29) is 18.1 Å². The van der Waals surface area contributed by atoms with Gasteiger partial charge in [-0.05, 0) is 25.2 Å². The molecule has 0 radical (unpaired) electrons. The summed E-state index contributed by atoms with van der Waals surface area (Å²) in [5.41, 5.74) is 0. The predicted octanol–water partition coefficient (Wildman–Crippen LogP) is 2.53. The third-order valence-electron chi connectivity index (χ3n) is 3.00. The topological polar surface area (TPSA) is 51.2 Å². The monoisotopic (exact) mass is 268 g/mol. The van der Waals surface area contributed by atoms with E-state index in [0.717, 1.165) is 24.3 Å². The van der Waals surface area contributed by atoms with Crippen LogP contribution in [0.4, 0.5) is 0 Å². The summed E-state index contributed by atoms with van der Waals surface area (Å²) in [5, 5.41) is 6.00. The van der Waals surface area contributed by atoms with Gasteiger partial charge in [0.25, 0.3) is 0 Å². The average molecular weight is 268 g/mol. The van der Waals surface area contributed by atoms with E-state index >= 15 is 0 Å². The molecule has 0 aromatic carbocycles. The highest BCUT2D eigenvalue weighted by atomic mass is 32.1. The van der Waals surface area contributed by atoms with Crippen LogP contribution in [0.25, 0.3) is 0 Å². The standard InChI is InChI=1S/C13H20N2O2S/c1-9(2)8-10(13-14-5-7-18-13)15-12(16)11-4-3-6-17-11/h5,7,9-11H,3-4,6,8H2,1-2H3,(H,15,16). The Morgan fingerprint density at radius 1 is 1.67 bits per heavy atom. The summed E-state index contributed by atoms with van der Waals surface area (Å²) >= 11 is 1.59. The van der Waals surface area contributed by atoms with Crippen LogP contribution in [0.3, 0.4) is 0 Å². The fourth-order valence-electron chi connectivity index (χ4n) is 2.15. The third-order valence-corrected chi connectivity index (χ3v) is 3.88. The lowest BCUT2D eigenvalue weighted by atomic mass is 10.0. The van der Waals surface area contributed by atoms with Gasteiger partial charge in [0.15, 0.2) is 0 Å². The van der Waals surface area contributed by atoms with Gasteiger partial charge in [0.1, 0.15) is 11.1 Å². The van der Waals surface area contributed by atoms with Gasteiger partial charge in [0, 0.05) is 18.2 Å². The van der Waals surface area contributed by atoms with Crippen molar-refractivity contribution in [1.82, 2.24) is 10.3 Å². The number of hydrogen-bond donors (Lipinski definition) is 1. The lowest BCUT2D eigenvalue weighted by Gasteiger charge is -2.20. The Hall–Kier alpha value is -0.940.